The van der Waals surface area contributed by atoms with Crippen LogP contribution in [0.1, 0.15) is 46.9 Å². The van der Waals surface area contributed by atoms with Gasteiger partial charge in [-0.05, 0) is 38.3 Å². The van der Waals surface area contributed by atoms with Gasteiger partial charge in [-0.25, -0.2) is 4.79 Å². The normalized spacial score (nSPS) is 15.0. The predicted octanol–water partition coefficient (Wildman–Crippen LogP) is 3.81. The molecule has 0 unspecified atom stereocenters. The third kappa shape index (κ3) is 4.36. The van der Waals surface area contributed by atoms with Crippen molar-refractivity contribution in [3.05, 3.63) is 75.3 Å². The van der Waals surface area contributed by atoms with Crippen molar-refractivity contribution in [3.63, 3.8) is 0 Å². The Morgan fingerprint density at radius 1 is 1.07 bits per heavy atom. The molecule has 1 amide bonds. The molecule has 7 heteroatoms. The van der Waals surface area contributed by atoms with Crippen molar-refractivity contribution in [3.8, 4) is 0 Å². The number of likely N-dealkylation sites (tertiary alicyclic amines) is 1. The molecule has 0 bridgehead atoms. The van der Waals surface area contributed by atoms with Gasteiger partial charge in [-0.3, -0.25) is 14.9 Å². The molecule has 1 atom stereocenters. The number of aryl methyl sites for hydroxylation is 1. The van der Waals surface area contributed by atoms with Crippen LogP contribution in [0.5, 0.6) is 0 Å². The topological polar surface area (TPSA) is 89.8 Å². The highest BCUT2D eigenvalue weighted by molar-refractivity contribution is 5.93. The summed E-state index contributed by atoms with van der Waals surface area (Å²) in [5.41, 5.74) is 1.07. The molecule has 3 rings (SSSR count). The van der Waals surface area contributed by atoms with Crippen molar-refractivity contribution in [1.82, 2.24) is 4.90 Å². The monoisotopic (exact) mass is 382 g/mol. The first kappa shape index (κ1) is 19.5. The molecular formula is C21H22N2O5. The smallest absolute Gasteiger partial charge is 0.339 e. The van der Waals surface area contributed by atoms with Crippen molar-refractivity contribution in [2.24, 2.45) is 0 Å². The molecule has 2 aromatic carbocycles. The third-order valence-corrected chi connectivity index (χ3v) is 4.85. The minimum absolute atomic E-state index is 0.0689. The molecule has 0 spiro atoms. The molecule has 1 aliphatic heterocycles. The van der Waals surface area contributed by atoms with E-state index < -0.39 is 17.0 Å². The molecule has 1 heterocycles. The molecular weight excluding hydrogens is 360 g/mol. The molecule has 1 saturated heterocycles. The average Bonchev–Trinajstić information content (AvgIpc) is 2.72. The van der Waals surface area contributed by atoms with Gasteiger partial charge in [0, 0.05) is 30.3 Å². The van der Waals surface area contributed by atoms with Crippen molar-refractivity contribution in [2.45, 2.75) is 32.3 Å². The number of hydrogen-bond acceptors (Lipinski definition) is 5. The Bertz CT molecular complexity index is 876. The molecule has 0 radical (unpaired) electrons. The van der Waals surface area contributed by atoms with Crippen LogP contribution < -0.4 is 0 Å². The maximum Gasteiger partial charge on any atom is 0.339 e. The first-order chi connectivity index (χ1) is 13.5. The second kappa shape index (κ2) is 8.65. The number of nitro groups is 1. The number of ether oxygens (including phenoxy) is 1. The minimum Gasteiger partial charge on any atom is -0.444 e. The van der Waals surface area contributed by atoms with Crippen molar-refractivity contribution in [2.75, 3.05) is 13.1 Å². The Labute approximate surface area is 163 Å². The Hall–Kier alpha value is -3.22. The highest BCUT2D eigenvalue weighted by atomic mass is 16.6. The lowest BCUT2D eigenvalue weighted by atomic mass is 10.1. The summed E-state index contributed by atoms with van der Waals surface area (Å²) in [4.78, 5) is 37.9. The molecule has 0 aromatic heterocycles. The molecule has 0 aliphatic carbocycles. The molecule has 0 N–H and O–H groups in total. The fourth-order valence-corrected chi connectivity index (χ4v) is 3.33. The molecule has 1 aliphatic rings. The molecule has 7 nitrogen and oxygen atoms in total. The van der Waals surface area contributed by atoms with E-state index in [0.29, 0.717) is 24.2 Å². The van der Waals surface area contributed by atoms with E-state index >= 15 is 0 Å². The Balaban J connectivity index is 1.84. The van der Waals surface area contributed by atoms with Gasteiger partial charge in [0.2, 0.25) is 6.10 Å². The van der Waals surface area contributed by atoms with Gasteiger partial charge in [0.1, 0.15) is 0 Å². The Kier molecular flexibility index (Phi) is 6.03. The summed E-state index contributed by atoms with van der Waals surface area (Å²) in [7, 11) is 0. The Morgan fingerprint density at radius 3 is 2.36 bits per heavy atom. The van der Waals surface area contributed by atoms with E-state index in [2.05, 4.69) is 0 Å². The van der Waals surface area contributed by atoms with Crippen LogP contribution in [0.15, 0.2) is 48.5 Å². The van der Waals surface area contributed by atoms with Gasteiger partial charge >= 0.3 is 5.97 Å². The second-order valence-electron chi connectivity index (χ2n) is 6.84. The Morgan fingerprint density at radius 2 is 1.75 bits per heavy atom. The number of piperidine rings is 1. The first-order valence-corrected chi connectivity index (χ1v) is 9.27. The lowest BCUT2D eigenvalue weighted by Crippen LogP contribution is -2.40. The fraction of sp³-hybridized carbons (Fsp3) is 0.333. The van der Waals surface area contributed by atoms with E-state index in [1.807, 2.05) is 6.07 Å². The van der Waals surface area contributed by atoms with Crippen molar-refractivity contribution >= 4 is 17.6 Å². The van der Waals surface area contributed by atoms with Crippen LogP contribution in [0.3, 0.4) is 0 Å². The van der Waals surface area contributed by atoms with Crippen LogP contribution in [0.2, 0.25) is 0 Å². The fourth-order valence-electron chi connectivity index (χ4n) is 3.33. The molecule has 2 aromatic rings. The van der Waals surface area contributed by atoms with Gasteiger partial charge in [0.15, 0.2) is 0 Å². The van der Waals surface area contributed by atoms with E-state index in [1.165, 1.54) is 18.2 Å². The van der Waals surface area contributed by atoms with E-state index in [4.69, 9.17) is 4.74 Å². The number of rotatable bonds is 5. The number of carbonyl (C=O) groups excluding carboxylic acids is 2. The number of carbonyl (C=O) groups is 2. The maximum atomic E-state index is 13.0. The van der Waals surface area contributed by atoms with E-state index in [0.717, 1.165) is 19.3 Å². The maximum absolute atomic E-state index is 13.0. The zero-order valence-corrected chi connectivity index (χ0v) is 15.7. The molecule has 0 saturated carbocycles. The zero-order valence-electron chi connectivity index (χ0n) is 15.7. The summed E-state index contributed by atoms with van der Waals surface area (Å²) in [5.74, 6) is -0.921. The van der Waals surface area contributed by atoms with Gasteiger partial charge < -0.3 is 9.64 Å². The summed E-state index contributed by atoms with van der Waals surface area (Å²) in [6.07, 6.45) is 1.91. The molecule has 28 heavy (non-hydrogen) atoms. The summed E-state index contributed by atoms with van der Waals surface area (Å²) < 4.78 is 5.59. The van der Waals surface area contributed by atoms with Crippen LogP contribution in [0.4, 0.5) is 5.69 Å². The number of nitrogens with zero attached hydrogens (tertiary/aromatic N) is 2. The standard InChI is InChI=1S/C21H22N2O5/c1-15-14-17(10-11-18(15)23(26)27)21(25)28-19(16-8-4-2-5-9-16)20(24)22-12-6-3-7-13-22/h2,4-5,8-11,14,19H,3,6-7,12-13H2,1H3/t19-/m1/s1. The quantitative estimate of drug-likeness (QED) is 0.446. The predicted molar refractivity (Wildman–Crippen MR) is 103 cm³/mol. The van der Waals surface area contributed by atoms with Crippen LogP contribution >= 0.6 is 0 Å². The number of esters is 1. The van der Waals surface area contributed by atoms with Crippen LogP contribution in [-0.2, 0) is 9.53 Å². The molecule has 146 valence electrons. The number of hydrogen-bond donors (Lipinski definition) is 0. The summed E-state index contributed by atoms with van der Waals surface area (Å²) in [6.45, 7) is 2.86. The van der Waals surface area contributed by atoms with Gasteiger partial charge in [-0.2, -0.15) is 0 Å². The van der Waals surface area contributed by atoms with Gasteiger partial charge in [-0.1, -0.05) is 30.3 Å². The van der Waals surface area contributed by atoms with Crippen molar-refractivity contribution in [1.29, 1.82) is 0 Å². The highest BCUT2D eigenvalue weighted by Crippen LogP contribution is 2.25. The van der Waals surface area contributed by atoms with E-state index in [-0.39, 0.29) is 17.2 Å². The van der Waals surface area contributed by atoms with E-state index in [1.54, 1.807) is 36.1 Å². The number of nitro benzene ring substituents is 1. The zero-order chi connectivity index (χ0) is 20.1. The average molecular weight is 382 g/mol. The number of amides is 1. The van der Waals surface area contributed by atoms with Crippen LogP contribution in [0, 0.1) is 17.0 Å². The van der Waals surface area contributed by atoms with Gasteiger partial charge in [0.25, 0.3) is 11.6 Å². The highest BCUT2D eigenvalue weighted by Gasteiger charge is 2.30. The summed E-state index contributed by atoms with van der Waals surface area (Å²) in [5, 5.41) is 11.0. The van der Waals surface area contributed by atoms with Gasteiger partial charge in [-0.15, -0.1) is 0 Å². The lowest BCUT2D eigenvalue weighted by molar-refractivity contribution is -0.385. The summed E-state index contributed by atoms with van der Waals surface area (Å²) >= 11 is 0. The second-order valence-corrected chi connectivity index (χ2v) is 6.84. The number of benzene rings is 2. The third-order valence-electron chi connectivity index (χ3n) is 4.85. The SMILES string of the molecule is Cc1cc(C(=O)O[C@@H](C(=O)N2CCCCC2)c2ccccc2)ccc1[N+](=O)[O-]. The summed E-state index contributed by atoms with van der Waals surface area (Å²) in [6, 6.07) is 12.9. The molecule has 1 fully saturated rings. The largest absolute Gasteiger partial charge is 0.444 e. The minimum atomic E-state index is -1.04. The van der Waals surface area contributed by atoms with Crippen LogP contribution in [0.25, 0.3) is 0 Å². The lowest BCUT2D eigenvalue weighted by Gasteiger charge is -2.30. The van der Waals surface area contributed by atoms with Gasteiger partial charge in [0.05, 0.1) is 10.5 Å². The van der Waals surface area contributed by atoms with Crippen molar-refractivity contribution < 1.29 is 19.2 Å². The first-order valence-electron chi connectivity index (χ1n) is 9.27. The van der Waals surface area contributed by atoms with E-state index in [9.17, 15) is 19.7 Å². The van der Waals surface area contributed by atoms with Crippen LogP contribution in [-0.4, -0.2) is 34.8 Å².